The van der Waals surface area contributed by atoms with E-state index in [9.17, 15) is 4.79 Å². The Morgan fingerprint density at radius 1 is 0.833 bits per heavy atom. The molecule has 3 aromatic carbocycles. The minimum atomic E-state index is -0.783. The van der Waals surface area contributed by atoms with Crippen LogP contribution < -0.4 is 0 Å². The predicted molar refractivity (Wildman–Crippen MR) is 98.3 cm³/mol. The first-order valence-corrected chi connectivity index (χ1v) is 7.86. The van der Waals surface area contributed by atoms with E-state index in [1.54, 1.807) is 0 Å². The van der Waals surface area contributed by atoms with Crippen molar-refractivity contribution in [3.05, 3.63) is 83.9 Å². The number of aliphatic carboxylic acids is 1. The fourth-order valence-corrected chi connectivity index (χ4v) is 2.68. The highest BCUT2D eigenvalue weighted by molar-refractivity contribution is 6.06. The molecule has 0 amide bonds. The number of carbonyl (C=O) groups is 1. The number of aromatic nitrogens is 1. The van der Waals surface area contributed by atoms with Crippen molar-refractivity contribution in [3.63, 3.8) is 0 Å². The van der Waals surface area contributed by atoms with Crippen molar-refractivity contribution in [1.29, 1.82) is 0 Å². The van der Waals surface area contributed by atoms with Gasteiger partial charge in [-0.3, -0.25) is 4.79 Å². The molecular formula is C21H19NO2. The normalized spacial score (nSPS) is 10.4. The van der Waals surface area contributed by atoms with Gasteiger partial charge in [0.25, 0.3) is 0 Å². The Balaban J connectivity index is 0.000000144. The van der Waals surface area contributed by atoms with Crippen molar-refractivity contribution < 1.29 is 9.90 Å². The van der Waals surface area contributed by atoms with Crippen molar-refractivity contribution >= 4 is 27.8 Å². The lowest BCUT2D eigenvalue weighted by molar-refractivity contribution is -0.136. The summed E-state index contributed by atoms with van der Waals surface area (Å²) in [6, 6.07) is 24.3. The zero-order valence-corrected chi connectivity index (χ0v) is 13.5. The smallest absolute Gasteiger partial charge is 0.307 e. The Morgan fingerprint density at radius 2 is 1.33 bits per heavy atom. The Kier molecular flexibility index (Phi) is 4.62. The largest absolute Gasteiger partial charge is 0.481 e. The summed E-state index contributed by atoms with van der Waals surface area (Å²) in [6.07, 6.45) is 0.111. The number of carboxylic acids is 1. The van der Waals surface area contributed by atoms with E-state index in [-0.39, 0.29) is 6.42 Å². The van der Waals surface area contributed by atoms with Crippen LogP contribution in [0.5, 0.6) is 0 Å². The van der Waals surface area contributed by atoms with E-state index < -0.39 is 5.97 Å². The Bertz CT molecular complexity index is 918. The Morgan fingerprint density at radius 3 is 1.83 bits per heavy atom. The molecule has 24 heavy (non-hydrogen) atoms. The first-order valence-electron chi connectivity index (χ1n) is 7.86. The van der Waals surface area contributed by atoms with Crippen molar-refractivity contribution in [2.75, 3.05) is 0 Å². The zero-order chi connectivity index (χ0) is 16.9. The second kappa shape index (κ2) is 7.01. The maximum atomic E-state index is 10.3. The number of H-pyrrole nitrogens is 1. The minimum Gasteiger partial charge on any atom is -0.481 e. The van der Waals surface area contributed by atoms with Gasteiger partial charge in [0, 0.05) is 21.8 Å². The number of aryl methyl sites for hydroxylation is 1. The van der Waals surface area contributed by atoms with Crippen LogP contribution in [0.25, 0.3) is 21.8 Å². The van der Waals surface area contributed by atoms with Gasteiger partial charge in [-0.1, -0.05) is 66.2 Å². The van der Waals surface area contributed by atoms with Crippen molar-refractivity contribution in [2.24, 2.45) is 0 Å². The molecule has 0 aliphatic rings. The third-order valence-electron chi connectivity index (χ3n) is 3.89. The monoisotopic (exact) mass is 317 g/mol. The van der Waals surface area contributed by atoms with Crippen LogP contribution in [0.4, 0.5) is 0 Å². The molecule has 0 spiro atoms. The average molecular weight is 317 g/mol. The molecule has 3 heteroatoms. The quantitative estimate of drug-likeness (QED) is 0.550. The molecule has 4 rings (SSSR count). The molecule has 4 aromatic rings. The molecule has 0 fully saturated rings. The lowest BCUT2D eigenvalue weighted by Gasteiger charge is -1.96. The Labute approximate surface area is 140 Å². The molecule has 0 saturated heterocycles. The third kappa shape index (κ3) is 3.63. The maximum Gasteiger partial charge on any atom is 0.307 e. The van der Waals surface area contributed by atoms with Gasteiger partial charge in [-0.15, -0.1) is 0 Å². The molecule has 0 aliphatic carbocycles. The molecule has 1 aromatic heterocycles. The zero-order valence-electron chi connectivity index (χ0n) is 13.5. The molecular weight excluding hydrogens is 298 g/mol. The van der Waals surface area contributed by atoms with Gasteiger partial charge >= 0.3 is 5.97 Å². The number of benzene rings is 3. The second-order valence-corrected chi connectivity index (χ2v) is 5.77. The molecule has 0 unspecified atom stereocenters. The molecule has 2 N–H and O–H groups in total. The molecule has 0 aliphatic heterocycles. The first kappa shape index (κ1) is 15.8. The number of carboxylic acid groups (broad SMARTS) is 1. The van der Waals surface area contributed by atoms with Crippen LogP contribution in [0.2, 0.25) is 0 Å². The van der Waals surface area contributed by atoms with Gasteiger partial charge < -0.3 is 10.1 Å². The van der Waals surface area contributed by atoms with Crippen molar-refractivity contribution in [3.8, 4) is 0 Å². The van der Waals surface area contributed by atoms with Gasteiger partial charge in [-0.05, 0) is 24.6 Å². The summed E-state index contributed by atoms with van der Waals surface area (Å²) in [5.41, 5.74) is 4.43. The maximum absolute atomic E-state index is 10.3. The van der Waals surface area contributed by atoms with Crippen LogP contribution in [0.15, 0.2) is 72.8 Å². The molecule has 3 nitrogen and oxygen atoms in total. The van der Waals surface area contributed by atoms with Crippen LogP contribution in [-0.2, 0) is 11.2 Å². The molecule has 0 atom stereocenters. The van der Waals surface area contributed by atoms with Gasteiger partial charge in [0.1, 0.15) is 0 Å². The third-order valence-corrected chi connectivity index (χ3v) is 3.89. The number of para-hydroxylation sites is 2. The van der Waals surface area contributed by atoms with E-state index in [0.717, 1.165) is 11.1 Å². The summed E-state index contributed by atoms with van der Waals surface area (Å²) in [6.45, 7) is 1.98. The van der Waals surface area contributed by atoms with E-state index in [1.807, 2.05) is 31.2 Å². The number of hydrogen-bond donors (Lipinski definition) is 2. The molecule has 0 saturated carbocycles. The summed E-state index contributed by atoms with van der Waals surface area (Å²) in [4.78, 5) is 13.6. The minimum absolute atomic E-state index is 0.111. The van der Waals surface area contributed by atoms with Crippen LogP contribution in [-0.4, -0.2) is 16.1 Å². The summed E-state index contributed by atoms with van der Waals surface area (Å²) in [5, 5.41) is 11.0. The molecule has 1 heterocycles. The summed E-state index contributed by atoms with van der Waals surface area (Å²) < 4.78 is 0. The highest BCUT2D eigenvalue weighted by Gasteiger charge is 2.00. The first-order chi connectivity index (χ1) is 11.6. The molecule has 0 bridgehead atoms. The fourth-order valence-electron chi connectivity index (χ4n) is 2.68. The van der Waals surface area contributed by atoms with E-state index in [4.69, 9.17) is 5.11 Å². The van der Waals surface area contributed by atoms with E-state index in [2.05, 4.69) is 53.5 Å². The number of hydrogen-bond acceptors (Lipinski definition) is 1. The van der Waals surface area contributed by atoms with Gasteiger partial charge in [0.15, 0.2) is 0 Å². The van der Waals surface area contributed by atoms with Crippen molar-refractivity contribution in [2.45, 2.75) is 13.3 Å². The van der Waals surface area contributed by atoms with Crippen LogP contribution in [0, 0.1) is 6.92 Å². The van der Waals surface area contributed by atoms with Crippen LogP contribution in [0.3, 0.4) is 0 Å². The van der Waals surface area contributed by atoms with Gasteiger partial charge in [0.2, 0.25) is 0 Å². The lowest BCUT2D eigenvalue weighted by Crippen LogP contribution is -1.99. The number of nitrogens with one attached hydrogen (secondary N) is 1. The standard InChI is InChI=1S/C12H9N.C9H10O2/c1-3-7-11-9(5-1)10-6-2-4-8-12(10)13-11;1-7-2-4-8(5-3-7)6-9(10)11/h1-8,13H;2-5H,6H2,1H3,(H,10,11). The average Bonchev–Trinajstić information content (AvgIpc) is 2.96. The van der Waals surface area contributed by atoms with Gasteiger partial charge in [-0.2, -0.15) is 0 Å². The number of fused-ring (bicyclic) bond motifs is 3. The highest BCUT2D eigenvalue weighted by Crippen LogP contribution is 2.24. The predicted octanol–water partition coefficient (Wildman–Crippen LogP) is 4.94. The summed E-state index contributed by atoms with van der Waals surface area (Å²) >= 11 is 0. The fraction of sp³-hybridized carbons (Fsp3) is 0.0952. The van der Waals surface area contributed by atoms with Gasteiger partial charge in [-0.25, -0.2) is 0 Å². The van der Waals surface area contributed by atoms with Crippen LogP contribution in [0.1, 0.15) is 11.1 Å². The van der Waals surface area contributed by atoms with Crippen molar-refractivity contribution in [1.82, 2.24) is 4.98 Å². The van der Waals surface area contributed by atoms with Gasteiger partial charge in [0.05, 0.1) is 6.42 Å². The number of aromatic amines is 1. The summed E-state index contributed by atoms with van der Waals surface area (Å²) in [7, 11) is 0. The lowest BCUT2D eigenvalue weighted by atomic mass is 10.1. The van der Waals surface area contributed by atoms with E-state index in [0.29, 0.717) is 0 Å². The van der Waals surface area contributed by atoms with E-state index >= 15 is 0 Å². The number of rotatable bonds is 2. The van der Waals surface area contributed by atoms with Crippen LogP contribution >= 0.6 is 0 Å². The molecule has 0 radical (unpaired) electrons. The topological polar surface area (TPSA) is 53.1 Å². The second-order valence-electron chi connectivity index (χ2n) is 5.77. The highest BCUT2D eigenvalue weighted by atomic mass is 16.4. The Hall–Kier alpha value is -3.07. The molecule has 120 valence electrons. The summed E-state index contributed by atoms with van der Waals surface area (Å²) in [5.74, 6) is -0.783. The van der Waals surface area contributed by atoms with E-state index in [1.165, 1.54) is 21.8 Å². The SMILES string of the molecule is Cc1ccc(CC(=O)O)cc1.c1ccc2c(c1)[nH]c1ccccc12.